The van der Waals surface area contributed by atoms with Crippen molar-refractivity contribution in [1.82, 2.24) is 0 Å². The van der Waals surface area contributed by atoms with Gasteiger partial charge >= 0.3 is 8.60 Å². The van der Waals surface area contributed by atoms with E-state index in [2.05, 4.69) is 84.9 Å². The van der Waals surface area contributed by atoms with Gasteiger partial charge in [0, 0.05) is 0 Å². The van der Waals surface area contributed by atoms with E-state index in [-0.39, 0.29) is 0 Å². The molecule has 0 fully saturated rings. The predicted molar refractivity (Wildman–Crippen MR) is 100 cm³/mol. The monoisotopic (exact) mass is 336 g/mol. The largest absolute Gasteiger partial charge is 0.328 e. The maximum Gasteiger partial charge on any atom is 0.324 e. The fourth-order valence-corrected chi connectivity index (χ4v) is 2.92. The minimum Gasteiger partial charge on any atom is -0.328 e. The van der Waals surface area contributed by atoms with E-state index in [0.717, 1.165) is 0 Å². The third kappa shape index (κ3) is 3.61. The van der Waals surface area contributed by atoms with Crippen molar-refractivity contribution in [3.63, 3.8) is 0 Å². The van der Waals surface area contributed by atoms with Gasteiger partial charge in [-0.1, -0.05) is 84.9 Å². The van der Waals surface area contributed by atoms with Crippen molar-refractivity contribution < 1.29 is 14.7 Å². The summed E-state index contributed by atoms with van der Waals surface area (Å²) in [5.74, 6) is 0. The maximum absolute atomic E-state index is 7.23. The Hall–Kier alpha value is -2.29. The maximum atomic E-state index is 7.23. The first kappa shape index (κ1) is 16.6. The molecule has 0 bridgehead atoms. The van der Waals surface area contributed by atoms with Gasteiger partial charge < -0.3 is 14.7 Å². The zero-order valence-electron chi connectivity index (χ0n) is 12.9. The number of benzene rings is 4. The summed E-state index contributed by atoms with van der Waals surface area (Å²) in [4.78, 5) is 21.7. The van der Waals surface area contributed by atoms with Crippen LogP contribution in [0.1, 0.15) is 0 Å². The molecule has 0 aliphatic rings. The smallest absolute Gasteiger partial charge is 0.324 e. The molecule has 24 heavy (non-hydrogen) atoms. The highest BCUT2D eigenvalue weighted by Gasteiger charge is 2.06. The molecule has 4 heteroatoms. The van der Waals surface area contributed by atoms with E-state index in [4.69, 9.17) is 14.7 Å². The van der Waals surface area contributed by atoms with E-state index >= 15 is 0 Å². The first-order valence-electron chi connectivity index (χ1n) is 7.49. The lowest BCUT2D eigenvalue weighted by atomic mass is 9.94. The van der Waals surface area contributed by atoms with Gasteiger partial charge in [-0.2, -0.15) is 0 Å². The third-order valence-corrected chi connectivity index (χ3v) is 3.87. The van der Waals surface area contributed by atoms with Crippen molar-refractivity contribution in [3.8, 4) is 11.1 Å². The SMILES string of the molecule is OP(O)O.c1ccc2c(-c3cccc4ccccc34)cccc2c1. The molecule has 0 spiro atoms. The van der Waals surface area contributed by atoms with Gasteiger partial charge in [0.1, 0.15) is 0 Å². The molecular formula is C20H17O3P. The summed E-state index contributed by atoms with van der Waals surface area (Å²) >= 11 is 0. The van der Waals surface area contributed by atoms with Crippen LogP contribution in [0.15, 0.2) is 84.9 Å². The van der Waals surface area contributed by atoms with Gasteiger partial charge in [0.05, 0.1) is 0 Å². The van der Waals surface area contributed by atoms with E-state index in [0.29, 0.717) is 0 Å². The van der Waals surface area contributed by atoms with Crippen molar-refractivity contribution in [3.05, 3.63) is 84.9 Å². The molecule has 0 saturated heterocycles. The van der Waals surface area contributed by atoms with Gasteiger partial charge in [0.25, 0.3) is 0 Å². The molecule has 3 nitrogen and oxygen atoms in total. The standard InChI is InChI=1S/C20H14.H3O3P/c1-3-11-17-15(7-1)9-5-13-19(17)20-14-6-10-16-8-2-4-12-18(16)20;1-4(2)3/h1-14H;1-3H. The van der Waals surface area contributed by atoms with E-state index in [1.165, 1.54) is 32.7 Å². The summed E-state index contributed by atoms with van der Waals surface area (Å²) in [5.41, 5.74) is 2.61. The van der Waals surface area contributed by atoms with E-state index in [1.54, 1.807) is 0 Å². The van der Waals surface area contributed by atoms with Crippen LogP contribution < -0.4 is 0 Å². The molecule has 0 unspecified atom stereocenters. The number of hydrogen-bond acceptors (Lipinski definition) is 3. The second-order valence-electron chi connectivity index (χ2n) is 5.32. The number of rotatable bonds is 1. The van der Waals surface area contributed by atoms with Gasteiger partial charge in [-0.15, -0.1) is 0 Å². The molecule has 0 aromatic heterocycles. The van der Waals surface area contributed by atoms with Crippen LogP contribution in [-0.4, -0.2) is 14.7 Å². The summed E-state index contributed by atoms with van der Waals surface area (Å²) < 4.78 is 0. The van der Waals surface area contributed by atoms with Gasteiger partial charge in [-0.25, -0.2) is 0 Å². The molecule has 3 N–H and O–H groups in total. The van der Waals surface area contributed by atoms with Crippen molar-refractivity contribution in [2.24, 2.45) is 0 Å². The van der Waals surface area contributed by atoms with Crippen LogP contribution in [0, 0.1) is 0 Å². The third-order valence-electron chi connectivity index (χ3n) is 3.87. The Morgan fingerprint density at radius 1 is 0.458 bits per heavy atom. The van der Waals surface area contributed by atoms with E-state index < -0.39 is 8.60 Å². The van der Waals surface area contributed by atoms with Gasteiger partial charge in [-0.3, -0.25) is 0 Å². The molecule has 4 aromatic rings. The summed E-state index contributed by atoms with van der Waals surface area (Å²) in [6, 6.07) is 30.2. The van der Waals surface area contributed by atoms with Gasteiger partial charge in [-0.05, 0) is 32.7 Å². The van der Waals surface area contributed by atoms with Crippen LogP contribution in [0.5, 0.6) is 0 Å². The van der Waals surface area contributed by atoms with Crippen molar-refractivity contribution in [2.75, 3.05) is 0 Å². The molecule has 0 radical (unpaired) electrons. The Bertz CT molecular complexity index is 876. The van der Waals surface area contributed by atoms with Crippen molar-refractivity contribution in [2.45, 2.75) is 0 Å². The molecule has 0 saturated carbocycles. The molecular weight excluding hydrogens is 319 g/mol. The Kier molecular flexibility index (Phi) is 5.19. The van der Waals surface area contributed by atoms with Crippen LogP contribution in [0.25, 0.3) is 32.7 Å². The Labute approximate surface area is 141 Å². The summed E-state index contributed by atoms with van der Waals surface area (Å²) in [5, 5.41) is 5.20. The molecule has 0 heterocycles. The van der Waals surface area contributed by atoms with Gasteiger partial charge in [0.15, 0.2) is 0 Å². The highest BCUT2D eigenvalue weighted by Crippen LogP contribution is 2.33. The van der Waals surface area contributed by atoms with E-state index in [1.807, 2.05) is 0 Å². The molecule has 0 amide bonds. The van der Waals surface area contributed by atoms with Crippen LogP contribution in [0.2, 0.25) is 0 Å². The summed E-state index contributed by atoms with van der Waals surface area (Å²) in [7, 11) is -2.62. The zero-order chi connectivity index (χ0) is 16.9. The molecule has 0 atom stereocenters. The molecule has 4 aromatic carbocycles. The van der Waals surface area contributed by atoms with Gasteiger partial charge in [0.2, 0.25) is 0 Å². The highest BCUT2D eigenvalue weighted by molar-refractivity contribution is 7.38. The Balaban J connectivity index is 0.000000383. The Morgan fingerprint density at radius 2 is 0.792 bits per heavy atom. The quantitative estimate of drug-likeness (QED) is 0.435. The fraction of sp³-hybridized carbons (Fsp3) is 0. The summed E-state index contributed by atoms with van der Waals surface area (Å²) in [6.07, 6.45) is 0. The second kappa shape index (κ2) is 7.52. The molecule has 4 rings (SSSR count). The van der Waals surface area contributed by atoms with Crippen molar-refractivity contribution in [1.29, 1.82) is 0 Å². The molecule has 120 valence electrons. The lowest BCUT2D eigenvalue weighted by molar-refractivity contribution is 0.368. The normalized spacial score (nSPS) is 10.7. The van der Waals surface area contributed by atoms with Crippen LogP contribution in [-0.2, 0) is 0 Å². The zero-order valence-corrected chi connectivity index (χ0v) is 13.8. The van der Waals surface area contributed by atoms with Crippen LogP contribution in [0.4, 0.5) is 0 Å². The number of fused-ring (bicyclic) bond motifs is 2. The number of hydrogen-bond donors (Lipinski definition) is 3. The minimum atomic E-state index is -2.62. The first-order valence-corrected chi connectivity index (χ1v) is 8.69. The minimum absolute atomic E-state index is 1.29. The Morgan fingerprint density at radius 3 is 1.21 bits per heavy atom. The average molecular weight is 336 g/mol. The first-order chi connectivity index (χ1) is 11.7. The lowest BCUT2D eigenvalue weighted by Crippen LogP contribution is -1.83. The predicted octanol–water partition coefficient (Wildman–Crippen LogP) is 4.85. The average Bonchev–Trinajstić information content (AvgIpc) is 2.60. The second-order valence-corrected chi connectivity index (χ2v) is 5.86. The van der Waals surface area contributed by atoms with E-state index in [9.17, 15) is 0 Å². The summed E-state index contributed by atoms with van der Waals surface area (Å²) in [6.45, 7) is 0. The fourth-order valence-electron chi connectivity index (χ4n) is 2.92. The van der Waals surface area contributed by atoms with Crippen LogP contribution in [0.3, 0.4) is 0 Å². The highest BCUT2D eigenvalue weighted by atomic mass is 31.2. The topological polar surface area (TPSA) is 60.7 Å². The molecule has 0 aliphatic carbocycles. The van der Waals surface area contributed by atoms with Crippen molar-refractivity contribution >= 4 is 30.1 Å². The lowest BCUT2D eigenvalue weighted by Gasteiger charge is -2.10. The molecule has 0 aliphatic heterocycles. The van der Waals surface area contributed by atoms with Crippen LogP contribution >= 0.6 is 8.60 Å².